The quantitative estimate of drug-likeness (QED) is 0.250. The highest BCUT2D eigenvalue weighted by Crippen LogP contribution is 2.25. The molecule has 0 aliphatic rings. The summed E-state index contributed by atoms with van der Waals surface area (Å²) >= 11 is 0. The predicted octanol–water partition coefficient (Wildman–Crippen LogP) is 6.79. The van der Waals surface area contributed by atoms with Gasteiger partial charge in [0.2, 0.25) is 0 Å². The van der Waals surface area contributed by atoms with E-state index < -0.39 is 11.8 Å². The second kappa shape index (κ2) is 12.2. The predicted molar refractivity (Wildman–Crippen MR) is 144 cm³/mol. The van der Waals surface area contributed by atoms with E-state index in [2.05, 4.69) is 16.0 Å². The lowest BCUT2D eigenvalue weighted by atomic mass is 10.2. The van der Waals surface area contributed by atoms with Crippen molar-refractivity contribution in [3.63, 3.8) is 0 Å². The van der Waals surface area contributed by atoms with Crippen molar-refractivity contribution in [1.29, 1.82) is 0 Å². The molecule has 188 valence electrons. The Morgan fingerprint density at radius 2 is 1.49 bits per heavy atom. The first-order valence-corrected chi connectivity index (χ1v) is 11.7. The second-order valence-electron chi connectivity index (χ2n) is 8.25. The van der Waals surface area contributed by atoms with Crippen LogP contribution < -0.4 is 25.6 Å². The van der Waals surface area contributed by atoms with Crippen LogP contribution in [0.4, 0.5) is 31.0 Å². The first-order chi connectivity index (χ1) is 18.0. The third kappa shape index (κ3) is 7.57. The Bertz CT molecular complexity index is 1330. The monoisotopic (exact) mass is 498 g/mol. The number of urea groups is 2. The summed E-state index contributed by atoms with van der Waals surface area (Å²) in [4.78, 5) is 27.0. The zero-order valence-corrected chi connectivity index (χ0v) is 20.3. The van der Waals surface area contributed by atoms with Crippen molar-refractivity contribution in [2.24, 2.45) is 0 Å². The molecule has 0 spiro atoms. The Balaban J connectivity index is 1.43. The van der Waals surface area contributed by atoms with Crippen LogP contribution in [0.1, 0.15) is 5.56 Å². The van der Waals surface area contributed by atoms with Crippen LogP contribution in [0.5, 0.6) is 11.5 Å². The number of aryl methyl sites for hydroxylation is 1. The van der Waals surface area contributed by atoms with E-state index in [1.807, 2.05) is 61.5 Å². The van der Waals surface area contributed by atoms with Crippen molar-refractivity contribution in [2.45, 2.75) is 6.92 Å². The van der Waals surface area contributed by atoms with E-state index in [0.29, 0.717) is 28.6 Å². The van der Waals surface area contributed by atoms with Gasteiger partial charge >= 0.3 is 12.1 Å². The summed E-state index contributed by atoms with van der Waals surface area (Å²) in [6.45, 7) is 2.31. The maximum atomic E-state index is 13.4. The van der Waals surface area contributed by atoms with Gasteiger partial charge in [-0.2, -0.15) is 0 Å². The summed E-state index contributed by atoms with van der Waals surface area (Å²) in [5.41, 5.74) is 2.69. The molecule has 0 aliphatic carbocycles. The van der Waals surface area contributed by atoms with Crippen molar-refractivity contribution in [2.75, 3.05) is 28.6 Å². The number of hydrogen-bond acceptors (Lipinski definition) is 3. The number of para-hydroxylation sites is 1. The lowest BCUT2D eigenvalue weighted by Gasteiger charge is -2.24. The summed E-state index contributed by atoms with van der Waals surface area (Å²) < 4.78 is 19.2. The maximum absolute atomic E-state index is 13.4. The molecule has 4 aromatic carbocycles. The minimum atomic E-state index is -0.504. The Hall–Kier alpha value is -4.85. The molecule has 0 bridgehead atoms. The Morgan fingerprint density at radius 1 is 0.784 bits per heavy atom. The molecule has 37 heavy (non-hydrogen) atoms. The van der Waals surface area contributed by atoms with Crippen LogP contribution in [-0.2, 0) is 0 Å². The summed E-state index contributed by atoms with van der Waals surface area (Å²) in [5, 5.41) is 8.17. The van der Waals surface area contributed by atoms with Crippen LogP contribution in [-0.4, -0.2) is 25.2 Å². The zero-order valence-electron chi connectivity index (χ0n) is 20.3. The van der Waals surface area contributed by atoms with Gasteiger partial charge in [-0.15, -0.1) is 0 Å². The number of rotatable bonds is 8. The Labute approximate surface area is 214 Å². The van der Waals surface area contributed by atoms with Crippen LogP contribution in [0.25, 0.3) is 0 Å². The fourth-order valence-electron chi connectivity index (χ4n) is 3.52. The molecule has 0 aromatic heterocycles. The standard InChI is InChI=1S/C29H27FN4O3/c1-21-10-12-23(13-11-21)33-29(36)34(19-18-31-28(35)32-24-7-5-6-22(30)20-24)25-14-16-27(17-15-25)37-26-8-3-2-4-9-26/h2-17,20H,18-19H2,1H3,(H,33,36)(H2,31,32,35). The molecule has 4 aromatic rings. The molecule has 3 N–H and O–H groups in total. The van der Waals surface area contributed by atoms with Crippen LogP contribution in [0.15, 0.2) is 103 Å². The van der Waals surface area contributed by atoms with Gasteiger partial charge in [-0.1, -0.05) is 42.0 Å². The third-order valence-corrected chi connectivity index (χ3v) is 5.38. The maximum Gasteiger partial charge on any atom is 0.326 e. The van der Waals surface area contributed by atoms with E-state index in [1.165, 1.54) is 23.1 Å². The largest absolute Gasteiger partial charge is 0.457 e. The molecule has 0 atom stereocenters. The first kappa shape index (κ1) is 25.2. The van der Waals surface area contributed by atoms with E-state index in [1.54, 1.807) is 30.3 Å². The van der Waals surface area contributed by atoms with Gasteiger partial charge in [-0.05, 0) is 73.7 Å². The van der Waals surface area contributed by atoms with Crippen LogP contribution in [0.2, 0.25) is 0 Å². The molecule has 0 unspecified atom stereocenters. The molecule has 8 heteroatoms. The summed E-state index contributed by atoms with van der Waals surface area (Å²) in [7, 11) is 0. The van der Waals surface area contributed by atoms with E-state index >= 15 is 0 Å². The highest BCUT2D eigenvalue weighted by atomic mass is 19.1. The fourth-order valence-corrected chi connectivity index (χ4v) is 3.52. The van der Waals surface area contributed by atoms with Gasteiger partial charge in [-0.3, -0.25) is 4.90 Å². The highest BCUT2D eigenvalue weighted by molar-refractivity contribution is 6.01. The van der Waals surface area contributed by atoms with E-state index in [-0.39, 0.29) is 19.1 Å². The molecule has 0 radical (unpaired) electrons. The van der Waals surface area contributed by atoms with E-state index in [9.17, 15) is 14.0 Å². The topological polar surface area (TPSA) is 82.7 Å². The normalized spacial score (nSPS) is 10.3. The van der Waals surface area contributed by atoms with Gasteiger partial charge in [0, 0.05) is 30.2 Å². The van der Waals surface area contributed by atoms with E-state index in [0.717, 1.165) is 5.56 Å². The third-order valence-electron chi connectivity index (χ3n) is 5.38. The molecule has 0 fully saturated rings. The number of carbonyl (C=O) groups is 2. The van der Waals surface area contributed by atoms with Crippen LogP contribution in [0.3, 0.4) is 0 Å². The molecule has 4 rings (SSSR count). The average molecular weight is 499 g/mol. The molecule has 0 saturated carbocycles. The molecular formula is C29H27FN4O3. The molecule has 0 heterocycles. The van der Waals surface area contributed by atoms with Crippen molar-refractivity contribution < 1.29 is 18.7 Å². The molecule has 0 saturated heterocycles. The highest BCUT2D eigenvalue weighted by Gasteiger charge is 2.17. The van der Waals surface area contributed by atoms with Crippen molar-refractivity contribution in [1.82, 2.24) is 5.32 Å². The van der Waals surface area contributed by atoms with Gasteiger partial charge < -0.3 is 20.7 Å². The summed E-state index contributed by atoms with van der Waals surface area (Å²) in [6.07, 6.45) is 0. The lowest BCUT2D eigenvalue weighted by Crippen LogP contribution is -2.42. The average Bonchev–Trinajstić information content (AvgIpc) is 2.89. The van der Waals surface area contributed by atoms with Crippen LogP contribution in [0, 0.1) is 12.7 Å². The Morgan fingerprint density at radius 3 is 2.19 bits per heavy atom. The van der Waals surface area contributed by atoms with Crippen molar-refractivity contribution in [3.05, 3.63) is 115 Å². The molecule has 7 nitrogen and oxygen atoms in total. The van der Waals surface area contributed by atoms with Gasteiger partial charge in [0.25, 0.3) is 0 Å². The van der Waals surface area contributed by atoms with Crippen LogP contribution >= 0.6 is 0 Å². The first-order valence-electron chi connectivity index (χ1n) is 11.7. The second-order valence-corrected chi connectivity index (χ2v) is 8.25. The smallest absolute Gasteiger partial charge is 0.326 e. The number of carbonyl (C=O) groups excluding carboxylic acids is 2. The summed E-state index contributed by atoms with van der Waals surface area (Å²) in [6, 6.07) is 28.7. The summed E-state index contributed by atoms with van der Waals surface area (Å²) in [5.74, 6) is 0.885. The Kier molecular flexibility index (Phi) is 8.33. The number of nitrogens with one attached hydrogen (secondary N) is 3. The number of anilines is 3. The SMILES string of the molecule is Cc1ccc(NC(=O)N(CCNC(=O)Nc2cccc(F)c2)c2ccc(Oc3ccccc3)cc2)cc1. The molecular weight excluding hydrogens is 471 g/mol. The van der Waals surface area contributed by atoms with Gasteiger partial charge in [0.1, 0.15) is 17.3 Å². The van der Waals surface area contributed by atoms with E-state index in [4.69, 9.17) is 4.74 Å². The van der Waals surface area contributed by atoms with Crippen molar-refractivity contribution >= 4 is 29.1 Å². The minimum absolute atomic E-state index is 0.157. The van der Waals surface area contributed by atoms with Gasteiger partial charge in [0.15, 0.2) is 0 Å². The molecule has 0 aliphatic heterocycles. The number of benzene rings is 4. The number of ether oxygens (including phenoxy) is 1. The van der Waals surface area contributed by atoms with Gasteiger partial charge in [0.05, 0.1) is 0 Å². The van der Waals surface area contributed by atoms with Crippen molar-refractivity contribution in [3.8, 4) is 11.5 Å². The van der Waals surface area contributed by atoms with Gasteiger partial charge in [-0.25, -0.2) is 14.0 Å². The number of halogens is 1. The minimum Gasteiger partial charge on any atom is -0.457 e. The number of hydrogen-bond donors (Lipinski definition) is 3. The molecule has 4 amide bonds. The lowest BCUT2D eigenvalue weighted by molar-refractivity contribution is 0.250. The number of amides is 4. The number of nitrogens with zero attached hydrogens (tertiary/aromatic N) is 1. The fraction of sp³-hybridized carbons (Fsp3) is 0.103. The zero-order chi connectivity index (χ0) is 26.0.